The van der Waals surface area contributed by atoms with Gasteiger partial charge in [0.05, 0.1) is 18.8 Å². The first-order valence-corrected chi connectivity index (χ1v) is 11.2. The van der Waals surface area contributed by atoms with Gasteiger partial charge in [-0.2, -0.15) is 15.1 Å². The standard InChI is InChI=1S/C23H30FN7O/c1-15-10-16-13-26-31(20(16)11-18(15)17-4-5-25-14-19(17)24)22-12-21(27-23(28-22)32-3)30-8-6-29(2)7-9-30/h10-13,17,19,25H,4-9,14H2,1-3H3/t17-,19-/m0/s1. The molecule has 9 heteroatoms. The Morgan fingerprint density at radius 2 is 1.88 bits per heavy atom. The Kier molecular flexibility index (Phi) is 5.69. The van der Waals surface area contributed by atoms with Gasteiger partial charge in [0.25, 0.3) is 0 Å². The summed E-state index contributed by atoms with van der Waals surface area (Å²) in [5, 5.41) is 8.78. The van der Waals surface area contributed by atoms with Crippen LogP contribution in [0.2, 0.25) is 0 Å². The van der Waals surface area contributed by atoms with Crippen molar-refractivity contribution in [3.8, 4) is 11.8 Å². The van der Waals surface area contributed by atoms with Crippen LogP contribution in [0.4, 0.5) is 10.2 Å². The summed E-state index contributed by atoms with van der Waals surface area (Å²) in [5.74, 6) is 1.38. The predicted molar refractivity (Wildman–Crippen MR) is 123 cm³/mol. The number of ether oxygens (including phenoxy) is 1. The molecule has 170 valence electrons. The molecule has 4 heterocycles. The summed E-state index contributed by atoms with van der Waals surface area (Å²) in [5.41, 5.74) is 3.07. The summed E-state index contributed by atoms with van der Waals surface area (Å²) >= 11 is 0. The number of nitrogens with zero attached hydrogens (tertiary/aromatic N) is 6. The van der Waals surface area contributed by atoms with Crippen molar-refractivity contribution in [3.63, 3.8) is 0 Å². The molecule has 2 aliphatic rings. The SMILES string of the molecule is COc1nc(N2CCN(C)CC2)cc(-n2ncc3cc(C)c([C@@H]4CCNC[C@@H]4F)cc32)n1. The number of aromatic nitrogens is 4. The zero-order chi connectivity index (χ0) is 22.2. The van der Waals surface area contributed by atoms with E-state index >= 15 is 0 Å². The van der Waals surface area contributed by atoms with E-state index < -0.39 is 6.17 Å². The summed E-state index contributed by atoms with van der Waals surface area (Å²) in [4.78, 5) is 13.7. The molecule has 0 amide bonds. The van der Waals surface area contributed by atoms with Gasteiger partial charge < -0.3 is 19.9 Å². The maximum atomic E-state index is 14.7. The molecule has 0 aliphatic carbocycles. The number of rotatable bonds is 4. The zero-order valence-corrected chi connectivity index (χ0v) is 18.9. The van der Waals surface area contributed by atoms with Crippen LogP contribution in [0.1, 0.15) is 23.5 Å². The third-order valence-electron chi connectivity index (χ3n) is 6.67. The van der Waals surface area contributed by atoms with E-state index in [2.05, 4.69) is 56.3 Å². The molecular formula is C23H30FN7O. The van der Waals surface area contributed by atoms with E-state index in [1.54, 1.807) is 7.11 Å². The lowest BCUT2D eigenvalue weighted by Crippen LogP contribution is -2.44. The van der Waals surface area contributed by atoms with Gasteiger partial charge >= 0.3 is 6.01 Å². The van der Waals surface area contributed by atoms with Gasteiger partial charge in [0, 0.05) is 50.1 Å². The fraction of sp³-hybridized carbons (Fsp3) is 0.522. The van der Waals surface area contributed by atoms with Crippen LogP contribution in [-0.2, 0) is 0 Å². The highest BCUT2D eigenvalue weighted by atomic mass is 19.1. The highest BCUT2D eigenvalue weighted by Crippen LogP contribution is 2.33. The molecule has 2 atom stereocenters. The Labute approximate surface area is 187 Å². The summed E-state index contributed by atoms with van der Waals surface area (Å²) < 4.78 is 21.9. The zero-order valence-electron chi connectivity index (χ0n) is 18.9. The van der Waals surface area contributed by atoms with Crippen molar-refractivity contribution < 1.29 is 9.13 Å². The number of alkyl halides is 1. The lowest BCUT2D eigenvalue weighted by molar-refractivity contribution is 0.231. The topological polar surface area (TPSA) is 71.3 Å². The Hall–Kier alpha value is -2.78. The highest BCUT2D eigenvalue weighted by Gasteiger charge is 2.28. The van der Waals surface area contributed by atoms with E-state index in [1.165, 1.54) is 0 Å². The van der Waals surface area contributed by atoms with Gasteiger partial charge in [0.1, 0.15) is 12.0 Å². The minimum Gasteiger partial charge on any atom is -0.467 e. The molecule has 2 fully saturated rings. The number of halogens is 1. The molecule has 0 saturated carbocycles. The molecule has 2 aromatic heterocycles. The number of piperazine rings is 1. The van der Waals surface area contributed by atoms with Gasteiger partial charge in [0.2, 0.25) is 0 Å². The first kappa shape index (κ1) is 21.1. The van der Waals surface area contributed by atoms with Gasteiger partial charge in [-0.3, -0.25) is 0 Å². The van der Waals surface area contributed by atoms with Gasteiger partial charge in [-0.1, -0.05) is 0 Å². The third kappa shape index (κ3) is 3.91. The maximum Gasteiger partial charge on any atom is 0.320 e. The number of anilines is 1. The number of benzene rings is 1. The maximum absolute atomic E-state index is 14.7. The van der Waals surface area contributed by atoms with Crippen molar-refractivity contribution in [1.82, 2.24) is 30.0 Å². The van der Waals surface area contributed by atoms with Gasteiger partial charge in [0.15, 0.2) is 5.82 Å². The van der Waals surface area contributed by atoms with E-state index in [1.807, 2.05) is 16.9 Å². The van der Waals surface area contributed by atoms with Crippen molar-refractivity contribution in [2.24, 2.45) is 0 Å². The fourth-order valence-corrected chi connectivity index (χ4v) is 4.76. The van der Waals surface area contributed by atoms with Gasteiger partial charge in [-0.25, -0.2) is 9.07 Å². The average molecular weight is 440 g/mol. The van der Waals surface area contributed by atoms with Crippen LogP contribution in [0.3, 0.4) is 0 Å². The largest absolute Gasteiger partial charge is 0.467 e. The van der Waals surface area contributed by atoms with Crippen molar-refractivity contribution >= 4 is 16.7 Å². The Morgan fingerprint density at radius 1 is 1.09 bits per heavy atom. The van der Waals surface area contributed by atoms with E-state index in [9.17, 15) is 4.39 Å². The summed E-state index contributed by atoms with van der Waals surface area (Å²) in [6.07, 6.45) is 1.74. The number of hydrogen-bond donors (Lipinski definition) is 1. The molecule has 0 unspecified atom stereocenters. The molecule has 8 nitrogen and oxygen atoms in total. The van der Waals surface area contributed by atoms with E-state index in [0.29, 0.717) is 18.4 Å². The quantitative estimate of drug-likeness (QED) is 0.669. The number of hydrogen-bond acceptors (Lipinski definition) is 7. The fourth-order valence-electron chi connectivity index (χ4n) is 4.76. The van der Waals surface area contributed by atoms with Gasteiger partial charge in [-0.05, 0) is 50.2 Å². The van der Waals surface area contributed by atoms with Crippen LogP contribution in [0.15, 0.2) is 24.4 Å². The number of piperidine rings is 1. The molecule has 1 N–H and O–H groups in total. The molecule has 2 aliphatic heterocycles. The summed E-state index contributed by atoms with van der Waals surface area (Å²) in [6.45, 7) is 7.05. The normalized spacial score (nSPS) is 22.4. The number of aryl methyl sites for hydroxylation is 1. The molecule has 0 spiro atoms. The Balaban J connectivity index is 1.57. The highest BCUT2D eigenvalue weighted by molar-refractivity contribution is 5.82. The lowest BCUT2D eigenvalue weighted by Gasteiger charge is -2.33. The number of nitrogens with one attached hydrogen (secondary N) is 1. The second kappa shape index (κ2) is 8.63. The molecule has 3 aromatic rings. The first-order chi connectivity index (χ1) is 15.5. The lowest BCUT2D eigenvalue weighted by atomic mass is 9.85. The first-order valence-electron chi connectivity index (χ1n) is 11.2. The monoisotopic (exact) mass is 439 g/mol. The van der Waals surface area contributed by atoms with Crippen LogP contribution in [0.5, 0.6) is 6.01 Å². The van der Waals surface area contributed by atoms with Crippen LogP contribution < -0.4 is 15.0 Å². The molecule has 5 rings (SSSR count). The second-order valence-electron chi connectivity index (χ2n) is 8.80. The minimum atomic E-state index is -0.890. The van der Waals surface area contributed by atoms with Crippen LogP contribution in [0, 0.1) is 6.92 Å². The number of fused-ring (bicyclic) bond motifs is 1. The molecule has 0 radical (unpaired) electrons. The minimum absolute atomic E-state index is 0.107. The molecule has 2 saturated heterocycles. The average Bonchev–Trinajstić information content (AvgIpc) is 3.22. The Bertz CT molecular complexity index is 1110. The molecular weight excluding hydrogens is 409 g/mol. The van der Waals surface area contributed by atoms with Crippen molar-refractivity contribution in [3.05, 3.63) is 35.5 Å². The smallest absolute Gasteiger partial charge is 0.320 e. The molecule has 1 aromatic carbocycles. The van der Waals surface area contributed by atoms with E-state index in [-0.39, 0.29) is 5.92 Å². The third-order valence-corrected chi connectivity index (χ3v) is 6.67. The molecule has 32 heavy (non-hydrogen) atoms. The predicted octanol–water partition coefficient (Wildman–Crippen LogP) is 2.30. The van der Waals surface area contributed by atoms with Crippen molar-refractivity contribution in [2.45, 2.75) is 25.4 Å². The van der Waals surface area contributed by atoms with E-state index in [4.69, 9.17) is 4.74 Å². The van der Waals surface area contributed by atoms with Crippen molar-refractivity contribution in [1.29, 1.82) is 0 Å². The number of methoxy groups -OCH3 is 1. The van der Waals surface area contributed by atoms with Gasteiger partial charge in [-0.15, -0.1) is 0 Å². The van der Waals surface area contributed by atoms with Crippen molar-refractivity contribution in [2.75, 3.05) is 58.3 Å². The molecule has 0 bridgehead atoms. The summed E-state index contributed by atoms with van der Waals surface area (Å²) in [7, 11) is 3.71. The summed E-state index contributed by atoms with van der Waals surface area (Å²) in [6, 6.07) is 6.46. The second-order valence-corrected chi connectivity index (χ2v) is 8.80. The van der Waals surface area contributed by atoms with Crippen LogP contribution in [0.25, 0.3) is 16.7 Å². The number of likely N-dealkylation sites (N-methyl/N-ethyl adjacent to an activating group) is 1. The Morgan fingerprint density at radius 3 is 2.62 bits per heavy atom. The van der Waals surface area contributed by atoms with Crippen LogP contribution >= 0.6 is 0 Å². The van der Waals surface area contributed by atoms with E-state index in [0.717, 1.165) is 67.0 Å². The van der Waals surface area contributed by atoms with Crippen LogP contribution in [-0.4, -0.2) is 84.2 Å².